The number of nitrogens with one attached hydrogen (secondary N) is 1. The van der Waals surface area contributed by atoms with Gasteiger partial charge < -0.3 is 20.1 Å². The predicted octanol–water partition coefficient (Wildman–Crippen LogP) is 3.02. The van der Waals surface area contributed by atoms with E-state index in [1.54, 1.807) is 42.5 Å². The third-order valence-corrected chi connectivity index (χ3v) is 9.77. The van der Waals surface area contributed by atoms with Gasteiger partial charge in [0.15, 0.2) is 5.78 Å². The van der Waals surface area contributed by atoms with Gasteiger partial charge in [-0.05, 0) is 47.7 Å². The van der Waals surface area contributed by atoms with Crippen molar-refractivity contribution in [1.29, 1.82) is 0 Å². The summed E-state index contributed by atoms with van der Waals surface area (Å²) >= 11 is 0. The molecular formula is C32H30N4O7S. The quantitative estimate of drug-likeness (QED) is 0.308. The van der Waals surface area contributed by atoms with Gasteiger partial charge in [-0.25, -0.2) is 13.2 Å². The van der Waals surface area contributed by atoms with Crippen LogP contribution in [0.1, 0.15) is 17.7 Å². The van der Waals surface area contributed by atoms with Crippen molar-refractivity contribution in [3.8, 4) is 11.5 Å². The number of pyridine rings is 1. The van der Waals surface area contributed by atoms with E-state index in [1.165, 1.54) is 27.5 Å². The monoisotopic (exact) mass is 614 g/mol. The van der Waals surface area contributed by atoms with E-state index < -0.39 is 40.1 Å². The molecule has 2 aliphatic heterocycles. The largest absolute Gasteiger partial charge is 0.508 e. The van der Waals surface area contributed by atoms with Crippen LogP contribution in [-0.4, -0.2) is 76.7 Å². The first-order valence-electron chi connectivity index (χ1n) is 14.2. The normalized spacial score (nSPS) is 19.1. The predicted molar refractivity (Wildman–Crippen MR) is 161 cm³/mol. The molecule has 0 bridgehead atoms. The van der Waals surface area contributed by atoms with Crippen LogP contribution in [0.25, 0.3) is 10.8 Å². The number of fused-ring (bicyclic) bond motifs is 2. The number of carbonyl (C=O) groups is 3. The molecule has 226 valence electrons. The number of aromatic hydroxyl groups is 1. The number of rotatable bonds is 8. The second-order valence-corrected chi connectivity index (χ2v) is 12.8. The lowest BCUT2D eigenvalue weighted by atomic mass is 10.0. The van der Waals surface area contributed by atoms with Crippen LogP contribution in [0.3, 0.4) is 0 Å². The van der Waals surface area contributed by atoms with E-state index in [0.717, 1.165) is 10.8 Å². The third-order valence-electron chi connectivity index (χ3n) is 7.99. The number of phenols is 1. The summed E-state index contributed by atoms with van der Waals surface area (Å²) in [6.07, 6.45) is 0.973. The fourth-order valence-electron chi connectivity index (χ4n) is 5.96. The van der Waals surface area contributed by atoms with Crippen LogP contribution in [0, 0.1) is 0 Å². The Morgan fingerprint density at radius 1 is 1.00 bits per heavy atom. The zero-order valence-corrected chi connectivity index (χ0v) is 24.4. The Hall–Kier alpha value is -4.81. The van der Waals surface area contributed by atoms with Crippen molar-refractivity contribution in [2.24, 2.45) is 0 Å². The fourth-order valence-corrected chi connectivity index (χ4v) is 7.63. The molecule has 2 N–H and O–H groups in total. The minimum Gasteiger partial charge on any atom is -0.508 e. The second kappa shape index (κ2) is 12.1. The van der Waals surface area contributed by atoms with Crippen molar-refractivity contribution in [3.05, 3.63) is 102 Å². The minimum absolute atomic E-state index is 0.0471. The maximum atomic E-state index is 14.0. The molecule has 11 nitrogen and oxygen atoms in total. The molecule has 2 fully saturated rings. The number of ether oxygens (including phenoxy) is 1. The number of Topliss-reactive ketones (excluding diaryl/α,β-unsaturated/α-hetero) is 1. The van der Waals surface area contributed by atoms with Gasteiger partial charge in [0.05, 0.1) is 18.3 Å². The number of nitrogens with zero attached hydrogens (tertiary/aromatic N) is 3. The summed E-state index contributed by atoms with van der Waals surface area (Å²) in [5.41, 5.74) is 1.01. The Morgan fingerprint density at radius 3 is 2.52 bits per heavy atom. The van der Waals surface area contributed by atoms with E-state index in [2.05, 4.69) is 10.3 Å². The number of likely N-dealkylation sites (tertiary alicyclic amines) is 1. The molecule has 3 atom stereocenters. The van der Waals surface area contributed by atoms with Gasteiger partial charge in [0.2, 0.25) is 15.9 Å². The number of amides is 2. The molecule has 0 radical (unpaired) electrons. The molecule has 2 aliphatic rings. The Balaban J connectivity index is 1.22. The molecule has 0 aliphatic carbocycles. The molecule has 3 unspecified atom stereocenters. The highest BCUT2D eigenvalue weighted by atomic mass is 32.2. The van der Waals surface area contributed by atoms with Crippen molar-refractivity contribution in [1.82, 2.24) is 19.5 Å². The van der Waals surface area contributed by atoms with Gasteiger partial charge >= 0.3 is 6.09 Å². The fraction of sp³-hybridized carbons (Fsp3) is 0.250. The molecule has 0 spiro atoms. The van der Waals surface area contributed by atoms with Crippen LogP contribution in [0.4, 0.5) is 4.79 Å². The SMILES string of the molecule is O=C(NC(Cc1ccc(O)cc1)C(=O)N1CCC2C1C(=O)CN2S(=O)(=O)Cc1ccccn1)Oc1cccc2ccccc12. The van der Waals surface area contributed by atoms with E-state index in [1.807, 2.05) is 30.3 Å². The summed E-state index contributed by atoms with van der Waals surface area (Å²) in [5, 5.41) is 14.0. The van der Waals surface area contributed by atoms with Crippen LogP contribution in [0.5, 0.6) is 11.5 Å². The molecule has 4 aromatic rings. The van der Waals surface area contributed by atoms with Crippen molar-refractivity contribution in [2.75, 3.05) is 13.1 Å². The number of carbonyl (C=O) groups excluding carboxylic acids is 3. The van der Waals surface area contributed by atoms with Gasteiger partial charge in [-0.2, -0.15) is 4.31 Å². The molecule has 6 rings (SSSR count). The topological polar surface area (TPSA) is 146 Å². The Morgan fingerprint density at radius 2 is 1.75 bits per heavy atom. The molecule has 2 amide bonds. The Bertz CT molecular complexity index is 1810. The highest BCUT2D eigenvalue weighted by molar-refractivity contribution is 7.88. The maximum Gasteiger partial charge on any atom is 0.413 e. The van der Waals surface area contributed by atoms with Crippen molar-refractivity contribution in [3.63, 3.8) is 0 Å². The minimum atomic E-state index is -3.90. The van der Waals surface area contributed by atoms with E-state index in [-0.39, 0.29) is 43.2 Å². The van der Waals surface area contributed by atoms with Gasteiger partial charge in [-0.3, -0.25) is 14.6 Å². The van der Waals surface area contributed by atoms with Crippen molar-refractivity contribution in [2.45, 2.75) is 36.7 Å². The van der Waals surface area contributed by atoms with Gasteiger partial charge in [0, 0.05) is 24.5 Å². The van der Waals surface area contributed by atoms with Crippen LogP contribution < -0.4 is 10.1 Å². The van der Waals surface area contributed by atoms with Crippen molar-refractivity contribution >= 4 is 38.6 Å². The van der Waals surface area contributed by atoms with E-state index in [9.17, 15) is 27.9 Å². The average Bonchev–Trinajstić information content (AvgIpc) is 3.59. The average molecular weight is 615 g/mol. The number of sulfonamides is 1. The summed E-state index contributed by atoms with van der Waals surface area (Å²) in [4.78, 5) is 45.9. The highest BCUT2D eigenvalue weighted by Gasteiger charge is 2.54. The first-order valence-corrected chi connectivity index (χ1v) is 15.8. The summed E-state index contributed by atoms with van der Waals surface area (Å²) in [7, 11) is -3.90. The van der Waals surface area contributed by atoms with Crippen LogP contribution in [-0.2, 0) is 31.8 Å². The summed E-state index contributed by atoms with van der Waals surface area (Å²) in [5.74, 6) is -0.906. The molecule has 2 saturated heterocycles. The molecule has 3 aromatic carbocycles. The number of ketones is 1. The molecule has 0 saturated carbocycles. The Labute approximate surface area is 254 Å². The lowest BCUT2D eigenvalue weighted by molar-refractivity contribution is -0.138. The second-order valence-electron chi connectivity index (χ2n) is 10.9. The number of aromatic nitrogens is 1. The number of hydrogen-bond donors (Lipinski definition) is 2. The van der Waals surface area contributed by atoms with E-state index in [4.69, 9.17) is 4.74 Å². The van der Waals surface area contributed by atoms with Crippen LogP contribution >= 0.6 is 0 Å². The van der Waals surface area contributed by atoms with Gasteiger partial charge in [-0.1, -0.05) is 54.6 Å². The van der Waals surface area contributed by atoms with Gasteiger partial charge in [0.25, 0.3) is 0 Å². The zero-order valence-electron chi connectivity index (χ0n) is 23.6. The summed E-state index contributed by atoms with van der Waals surface area (Å²) < 4.78 is 33.4. The van der Waals surface area contributed by atoms with Crippen molar-refractivity contribution < 1.29 is 32.6 Å². The number of benzene rings is 3. The third kappa shape index (κ3) is 5.99. The summed E-state index contributed by atoms with van der Waals surface area (Å²) in [6, 6.07) is 21.1. The molecule has 1 aromatic heterocycles. The smallest absolute Gasteiger partial charge is 0.413 e. The maximum absolute atomic E-state index is 14.0. The Kier molecular flexibility index (Phi) is 8.02. The number of phenolic OH excluding ortho intramolecular Hbond substituents is 1. The first kappa shape index (κ1) is 29.3. The molecule has 3 heterocycles. The van der Waals surface area contributed by atoms with E-state index >= 15 is 0 Å². The zero-order chi connectivity index (χ0) is 30.8. The highest BCUT2D eigenvalue weighted by Crippen LogP contribution is 2.33. The van der Waals surface area contributed by atoms with Gasteiger partial charge in [0.1, 0.15) is 29.3 Å². The molecular weight excluding hydrogens is 584 g/mol. The summed E-state index contributed by atoms with van der Waals surface area (Å²) in [6.45, 7) is -0.199. The first-order chi connectivity index (χ1) is 21.2. The van der Waals surface area contributed by atoms with Crippen LogP contribution in [0.2, 0.25) is 0 Å². The lowest BCUT2D eigenvalue weighted by Crippen LogP contribution is -2.53. The standard InChI is InChI=1S/C32H30N4O7S/c37-24-13-11-21(12-14-24)18-26(34-32(40)43-29-10-5-7-22-6-1-2-9-25(22)29)31(39)35-17-15-27-30(35)28(38)19-36(27)44(41,42)20-23-8-3-4-16-33-23/h1-14,16,26-27,30,37H,15,17-20H2,(H,34,40). The molecule has 12 heteroatoms. The van der Waals surface area contributed by atoms with Gasteiger partial charge in [-0.15, -0.1) is 0 Å². The lowest BCUT2D eigenvalue weighted by Gasteiger charge is -2.28. The van der Waals surface area contributed by atoms with E-state index in [0.29, 0.717) is 17.0 Å². The van der Waals surface area contributed by atoms with Crippen LogP contribution in [0.15, 0.2) is 91.1 Å². The molecule has 44 heavy (non-hydrogen) atoms. The number of hydrogen-bond acceptors (Lipinski definition) is 8.